The first kappa shape index (κ1) is 15.0. The summed E-state index contributed by atoms with van der Waals surface area (Å²) in [6.07, 6.45) is 0. The second-order valence-corrected chi connectivity index (χ2v) is 5.22. The lowest BCUT2D eigenvalue weighted by molar-refractivity contribution is 0.418. The summed E-state index contributed by atoms with van der Waals surface area (Å²) in [5.41, 5.74) is 1.84. The smallest absolute Gasteiger partial charge is 0.154 e. The largest absolute Gasteiger partial charge is 0.357 e. The Kier molecular flexibility index (Phi) is 4.88. The molecule has 2 aromatic carbocycles. The lowest BCUT2D eigenvalue weighted by atomic mass is 10.1. The van der Waals surface area contributed by atoms with Gasteiger partial charge in [-0.3, -0.25) is 5.41 Å². The molecule has 0 aliphatic rings. The summed E-state index contributed by atoms with van der Waals surface area (Å²) in [4.78, 5) is 6.65. The van der Waals surface area contributed by atoms with Crippen molar-refractivity contribution in [3.05, 3.63) is 71.8 Å². The van der Waals surface area contributed by atoms with Gasteiger partial charge in [0.1, 0.15) is 5.84 Å². The van der Waals surface area contributed by atoms with Crippen LogP contribution in [-0.4, -0.2) is 29.7 Å². The Morgan fingerprint density at radius 2 is 1.38 bits per heavy atom. The van der Waals surface area contributed by atoms with E-state index in [2.05, 4.69) is 23.7 Å². The quantitative estimate of drug-likeness (QED) is 0.673. The molecular formula is C18H21N3. The van der Waals surface area contributed by atoms with Gasteiger partial charge in [0.2, 0.25) is 0 Å². The molecule has 0 aliphatic heterocycles. The minimum Gasteiger partial charge on any atom is -0.357 e. The van der Waals surface area contributed by atoms with Gasteiger partial charge in [-0.05, 0) is 13.8 Å². The van der Waals surface area contributed by atoms with E-state index in [-0.39, 0.29) is 5.84 Å². The maximum absolute atomic E-state index is 8.23. The first-order chi connectivity index (χ1) is 10.1. The summed E-state index contributed by atoms with van der Waals surface area (Å²) in [5.74, 6) is 1.10. The van der Waals surface area contributed by atoms with Crippen LogP contribution < -0.4 is 0 Å². The van der Waals surface area contributed by atoms with Crippen LogP contribution in [0.2, 0.25) is 0 Å². The topological polar surface area (TPSA) is 39.5 Å². The van der Waals surface area contributed by atoms with E-state index in [0.717, 1.165) is 17.0 Å². The summed E-state index contributed by atoms with van der Waals surface area (Å²) in [6.45, 7) is 4.23. The Balaban J connectivity index is 2.40. The number of rotatable bonds is 3. The molecule has 3 nitrogen and oxygen atoms in total. The minimum atomic E-state index is 0.280. The highest BCUT2D eigenvalue weighted by atomic mass is 15.2. The maximum Gasteiger partial charge on any atom is 0.154 e. The molecule has 2 rings (SSSR count). The average Bonchev–Trinajstić information content (AvgIpc) is 2.53. The van der Waals surface area contributed by atoms with Crippen LogP contribution in [0.25, 0.3) is 0 Å². The van der Waals surface area contributed by atoms with Gasteiger partial charge in [0.25, 0.3) is 0 Å². The Morgan fingerprint density at radius 1 is 0.905 bits per heavy atom. The number of amidine groups is 2. The Labute approximate surface area is 126 Å². The van der Waals surface area contributed by atoms with Crippen molar-refractivity contribution in [1.82, 2.24) is 4.90 Å². The summed E-state index contributed by atoms with van der Waals surface area (Å²) >= 11 is 0. The van der Waals surface area contributed by atoms with E-state index in [9.17, 15) is 0 Å². The van der Waals surface area contributed by atoms with Gasteiger partial charge in [-0.2, -0.15) is 0 Å². The van der Waals surface area contributed by atoms with Crippen LogP contribution in [-0.2, 0) is 0 Å². The molecule has 1 N–H and O–H groups in total. The van der Waals surface area contributed by atoms with Crippen LogP contribution in [0.4, 0.5) is 0 Å². The standard InChI is InChI=1S/C18H21N3/c1-14(2)21(3)18(16-12-8-5-9-13-16)20-17(19)15-10-6-4-7-11-15/h4-14,19H,1-3H3. The number of nitrogens with zero attached hydrogens (tertiary/aromatic N) is 2. The summed E-state index contributed by atoms with van der Waals surface area (Å²) in [7, 11) is 2.01. The molecule has 0 heterocycles. The molecule has 0 amide bonds. The van der Waals surface area contributed by atoms with Gasteiger partial charge < -0.3 is 4.90 Å². The third-order valence-electron chi connectivity index (χ3n) is 3.41. The SMILES string of the molecule is CC(C)N(C)C(=NC(=N)c1ccccc1)c1ccccc1. The molecule has 0 aromatic heterocycles. The Hall–Kier alpha value is -2.42. The van der Waals surface area contributed by atoms with Gasteiger partial charge in [0.15, 0.2) is 5.84 Å². The lowest BCUT2D eigenvalue weighted by Gasteiger charge is -2.25. The maximum atomic E-state index is 8.23. The predicted molar refractivity (Wildman–Crippen MR) is 89.1 cm³/mol. The zero-order valence-electron chi connectivity index (χ0n) is 12.7. The molecule has 0 spiro atoms. The van der Waals surface area contributed by atoms with Crippen LogP contribution in [0.3, 0.4) is 0 Å². The molecule has 2 aromatic rings. The Morgan fingerprint density at radius 3 is 1.86 bits per heavy atom. The van der Waals surface area contributed by atoms with E-state index < -0.39 is 0 Å². The van der Waals surface area contributed by atoms with Crippen molar-refractivity contribution >= 4 is 11.7 Å². The first-order valence-corrected chi connectivity index (χ1v) is 7.10. The first-order valence-electron chi connectivity index (χ1n) is 7.10. The van der Waals surface area contributed by atoms with Gasteiger partial charge in [0.05, 0.1) is 0 Å². The highest BCUT2D eigenvalue weighted by Gasteiger charge is 2.13. The summed E-state index contributed by atoms with van der Waals surface area (Å²) in [5, 5.41) is 8.23. The van der Waals surface area contributed by atoms with Gasteiger partial charge in [-0.1, -0.05) is 60.7 Å². The minimum absolute atomic E-state index is 0.280. The average molecular weight is 279 g/mol. The fourth-order valence-electron chi connectivity index (χ4n) is 1.95. The molecular weight excluding hydrogens is 258 g/mol. The molecule has 0 saturated carbocycles. The molecule has 3 heteroatoms. The fourth-order valence-corrected chi connectivity index (χ4v) is 1.95. The highest BCUT2D eigenvalue weighted by Crippen LogP contribution is 2.10. The zero-order valence-corrected chi connectivity index (χ0v) is 12.7. The van der Waals surface area contributed by atoms with Crippen molar-refractivity contribution in [2.45, 2.75) is 19.9 Å². The molecule has 0 unspecified atom stereocenters. The number of benzene rings is 2. The highest BCUT2D eigenvalue weighted by molar-refractivity contribution is 6.10. The number of nitrogens with one attached hydrogen (secondary N) is 1. The van der Waals surface area contributed by atoms with Crippen molar-refractivity contribution in [3.8, 4) is 0 Å². The van der Waals surface area contributed by atoms with E-state index in [1.807, 2.05) is 67.7 Å². The van der Waals surface area contributed by atoms with Gasteiger partial charge >= 0.3 is 0 Å². The molecule has 108 valence electrons. The fraction of sp³-hybridized carbons (Fsp3) is 0.222. The van der Waals surface area contributed by atoms with Crippen molar-refractivity contribution in [3.63, 3.8) is 0 Å². The molecule has 0 bridgehead atoms. The second kappa shape index (κ2) is 6.84. The molecule has 0 fully saturated rings. The van der Waals surface area contributed by atoms with E-state index in [0.29, 0.717) is 6.04 Å². The number of hydrogen-bond acceptors (Lipinski definition) is 1. The van der Waals surface area contributed by atoms with E-state index in [4.69, 9.17) is 5.41 Å². The molecule has 0 atom stereocenters. The van der Waals surface area contributed by atoms with Gasteiger partial charge in [-0.15, -0.1) is 0 Å². The van der Waals surface area contributed by atoms with Crippen molar-refractivity contribution in [2.75, 3.05) is 7.05 Å². The van der Waals surface area contributed by atoms with E-state index >= 15 is 0 Å². The number of aliphatic imine (C=N–C) groups is 1. The van der Waals surface area contributed by atoms with Crippen molar-refractivity contribution in [1.29, 1.82) is 5.41 Å². The van der Waals surface area contributed by atoms with E-state index in [1.165, 1.54) is 0 Å². The molecule has 0 saturated heterocycles. The molecule has 0 aliphatic carbocycles. The van der Waals surface area contributed by atoms with Crippen LogP contribution >= 0.6 is 0 Å². The van der Waals surface area contributed by atoms with Gasteiger partial charge in [0, 0.05) is 24.2 Å². The third kappa shape index (κ3) is 3.78. The normalized spacial score (nSPS) is 11.5. The summed E-state index contributed by atoms with van der Waals surface area (Å²) in [6, 6.07) is 19.9. The monoisotopic (exact) mass is 279 g/mol. The summed E-state index contributed by atoms with van der Waals surface area (Å²) < 4.78 is 0. The van der Waals surface area contributed by atoms with Crippen LogP contribution in [0, 0.1) is 5.41 Å². The van der Waals surface area contributed by atoms with Crippen LogP contribution in [0.5, 0.6) is 0 Å². The van der Waals surface area contributed by atoms with Crippen LogP contribution in [0.1, 0.15) is 25.0 Å². The third-order valence-corrected chi connectivity index (χ3v) is 3.41. The van der Waals surface area contributed by atoms with Crippen LogP contribution in [0.15, 0.2) is 65.7 Å². The number of hydrogen-bond donors (Lipinski definition) is 1. The zero-order chi connectivity index (χ0) is 15.2. The molecule has 0 radical (unpaired) electrons. The molecule has 21 heavy (non-hydrogen) atoms. The Bertz CT molecular complexity index is 615. The lowest BCUT2D eigenvalue weighted by Crippen LogP contribution is -2.34. The van der Waals surface area contributed by atoms with Gasteiger partial charge in [-0.25, -0.2) is 4.99 Å². The second-order valence-electron chi connectivity index (χ2n) is 5.22. The van der Waals surface area contributed by atoms with Crippen molar-refractivity contribution in [2.24, 2.45) is 4.99 Å². The van der Waals surface area contributed by atoms with E-state index in [1.54, 1.807) is 0 Å². The predicted octanol–water partition coefficient (Wildman–Crippen LogP) is 3.80. The van der Waals surface area contributed by atoms with Crippen molar-refractivity contribution < 1.29 is 0 Å².